The van der Waals surface area contributed by atoms with Gasteiger partial charge in [-0.15, -0.1) is 0 Å². The number of rotatable bonds is 17. The maximum atomic E-state index is 9.14. The van der Waals surface area contributed by atoms with Crippen molar-refractivity contribution in [2.24, 2.45) is 0 Å². The number of hydrogen-bond acceptors (Lipinski definition) is 1. The molecule has 0 aromatic heterocycles. The van der Waals surface area contributed by atoms with E-state index < -0.39 is 0 Å². The third-order valence-electron chi connectivity index (χ3n) is 4.27. The minimum atomic E-state index is -0.156. The Bertz CT molecular complexity index is 188. The van der Waals surface area contributed by atoms with Crippen molar-refractivity contribution in [2.45, 2.75) is 110 Å². The summed E-state index contributed by atoms with van der Waals surface area (Å²) in [5.41, 5.74) is 0. The molecule has 0 spiro atoms. The van der Waals surface area contributed by atoms with Gasteiger partial charge in [-0.2, -0.15) is 0 Å². The Labute approximate surface area is 150 Å². The first kappa shape index (κ1) is 24.6. The summed E-state index contributed by atoms with van der Waals surface area (Å²) in [4.78, 5) is 0. The van der Waals surface area contributed by atoms with E-state index in [9.17, 15) is 0 Å². The Morgan fingerprint density at radius 2 is 1.05 bits per heavy atom. The van der Waals surface area contributed by atoms with Gasteiger partial charge < -0.3 is 27.4 Å². The topological polar surface area (TPSA) is 36.8 Å². The average molecular weight is 380 g/mol. The first-order valence-electron chi connectivity index (χ1n) is 9.77. The Hall–Kier alpha value is 0.400. The van der Waals surface area contributed by atoms with Crippen LogP contribution in [0.5, 0.6) is 0 Å². The zero-order valence-corrected chi connectivity index (χ0v) is 16.9. The molecular formula is C19H42BrNO. The van der Waals surface area contributed by atoms with E-state index in [0.29, 0.717) is 0 Å². The van der Waals surface area contributed by atoms with Crippen LogP contribution in [0, 0.1) is 0 Å². The zero-order valence-electron chi connectivity index (χ0n) is 15.3. The molecule has 3 N–H and O–H groups in total. The molecule has 0 aliphatic rings. The van der Waals surface area contributed by atoms with Crippen molar-refractivity contribution in [3.63, 3.8) is 0 Å². The molecule has 0 amide bonds. The second-order valence-corrected chi connectivity index (χ2v) is 6.76. The number of quaternary nitrogens is 1. The van der Waals surface area contributed by atoms with Crippen molar-refractivity contribution in [1.29, 1.82) is 0 Å². The second kappa shape index (κ2) is 21.4. The van der Waals surface area contributed by atoms with Crippen LogP contribution in [0.15, 0.2) is 0 Å². The van der Waals surface area contributed by atoms with Crippen LogP contribution in [-0.2, 0) is 0 Å². The maximum Gasteiger partial charge on any atom is 0.102 e. The summed E-state index contributed by atoms with van der Waals surface area (Å²) in [5.74, 6) is 0. The molecule has 0 heterocycles. The number of unbranched alkanes of at least 4 members (excludes halogenated alkanes) is 13. The standard InChI is InChI=1S/C19H41NO.BrH/c1-3-4-5-6-7-8-9-10-11-12-13-14-15-16-17-20-18-19(2)21;/h19-21H,3-18H2,1-2H3;1H. The Morgan fingerprint density at radius 3 is 1.41 bits per heavy atom. The normalized spacial score (nSPS) is 12.1. The molecular weight excluding hydrogens is 338 g/mol. The molecule has 2 nitrogen and oxygen atoms in total. The second-order valence-electron chi connectivity index (χ2n) is 6.76. The molecule has 0 fully saturated rings. The molecule has 0 radical (unpaired) electrons. The quantitative estimate of drug-likeness (QED) is 0.368. The van der Waals surface area contributed by atoms with Gasteiger partial charge in [0.25, 0.3) is 0 Å². The Kier molecular flexibility index (Phi) is 24.0. The van der Waals surface area contributed by atoms with E-state index in [1.807, 2.05) is 6.92 Å². The van der Waals surface area contributed by atoms with Crippen LogP contribution in [-0.4, -0.2) is 24.3 Å². The highest BCUT2D eigenvalue weighted by atomic mass is 79.9. The first-order chi connectivity index (χ1) is 10.3. The molecule has 0 aliphatic heterocycles. The third kappa shape index (κ3) is 22.7. The third-order valence-corrected chi connectivity index (χ3v) is 4.27. The number of hydrogen-bond donors (Lipinski definition) is 2. The molecule has 3 heteroatoms. The number of aliphatic hydroxyl groups is 1. The van der Waals surface area contributed by atoms with E-state index in [0.717, 1.165) is 6.54 Å². The van der Waals surface area contributed by atoms with Crippen LogP contribution in [0.3, 0.4) is 0 Å². The molecule has 22 heavy (non-hydrogen) atoms. The van der Waals surface area contributed by atoms with Gasteiger partial charge in [-0.25, -0.2) is 0 Å². The summed E-state index contributed by atoms with van der Waals surface area (Å²) in [6, 6.07) is 0. The lowest BCUT2D eigenvalue weighted by molar-refractivity contribution is -0.660. The van der Waals surface area contributed by atoms with E-state index in [2.05, 4.69) is 12.2 Å². The minimum absolute atomic E-state index is 0. The SMILES string of the molecule is CCCCCCCCCCCCCCCC[NH2+]CC(C)O.[Br-]. The molecule has 0 rings (SSSR count). The predicted octanol–water partition coefficient (Wildman–Crippen LogP) is 1.42. The van der Waals surface area contributed by atoms with Crippen molar-refractivity contribution >= 4 is 0 Å². The largest absolute Gasteiger partial charge is 1.00 e. The van der Waals surface area contributed by atoms with E-state index in [4.69, 9.17) is 5.11 Å². The van der Waals surface area contributed by atoms with Gasteiger partial charge in [-0.3, -0.25) is 0 Å². The summed E-state index contributed by atoms with van der Waals surface area (Å²) in [7, 11) is 0. The molecule has 0 aliphatic carbocycles. The van der Waals surface area contributed by atoms with Crippen LogP contribution in [0.4, 0.5) is 0 Å². The predicted molar refractivity (Wildman–Crippen MR) is 93.7 cm³/mol. The molecule has 0 aromatic rings. The Balaban J connectivity index is 0. The highest BCUT2D eigenvalue weighted by Crippen LogP contribution is 2.12. The molecule has 136 valence electrons. The summed E-state index contributed by atoms with van der Waals surface area (Å²) >= 11 is 0. The summed E-state index contributed by atoms with van der Waals surface area (Å²) in [5, 5.41) is 11.4. The summed E-state index contributed by atoms with van der Waals surface area (Å²) in [6.45, 7) is 6.19. The molecule has 0 aromatic carbocycles. The van der Waals surface area contributed by atoms with E-state index in [-0.39, 0.29) is 23.1 Å². The van der Waals surface area contributed by atoms with E-state index >= 15 is 0 Å². The molecule has 1 atom stereocenters. The fraction of sp³-hybridized carbons (Fsp3) is 1.00. The van der Waals surface area contributed by atoms with Crippen molar-refractivity contribution in [3.8, 4) is 0 Å². The van der Waals surface area contributed by atoms with Gasteiger partial charge in [-0.05, 0) is 19.8 Å². The average Bonchev–Trinajstić information content (AvgIpc) is 2.46. The first-order valence-corrected chi connectivity index (χ1v) is 9.77. The molecule has 0 saturated carbocycles. The van der Waals surface area contributed by atoms with E-state index in [1.165, 1.54) is 96.4 Å². The Morgan fingerprint density at radius 1 is 0.682 bits per heavy atom. The fourth-order valence-electron chi connectivity index (χ4n) is 2.84. The number of halogens is 1. The lowest BCUT2D eigenvalue weighted by atomic mass is 10.0. The van der Waals surface area contributed by atoms with Gasteiger partial charge in [-0.1, -0.05) is 84.0 Å². The smallest absolute Gasteiger partial charge is 0.102 e. The molecule has 1 unspecified atom stereocenters. The van der Waals surface area contributed by atoms with Crippen molar-refractivity contribution in [2.75, 3.05) is 13.1 Å². The van der Waals surface area contributed by atoms with Gasteiger partial charge in [0.1, 0.15) is 6.54 Å². The van der Waals surface area contributed by atoms with Crippen molar-refractivity contribution < 1.29 is 27.4 Å². The monoisotopic (exact) mass is 379 g/mol. The van der Waals surface area contributed by atoms with Crippen LogP contribution in [0.2, 0.25) is 0 Å². The fourth-order valence-corrected chi connectivity index (χ4v) is 2.84. The highest BCUT2D eigenvalue weighted by Gasteiger charge is 1.97. The van der Waals surface area contributed by atoms with E-state index in [1.54, 1.807) is 0 Å². The van der Waals surface area contributed by atoms with Crippen molar-refractivity contribution in [1.82, 2.24) is 0 Å². The number of nitrogens with two attached hydrogens (primary N) is 1. The molecule has 0 saturated heterocycles. The van der Waals surface area contributed by atoms with Gasteiger partial charge in [0, 0.05) is 0 Å². The summed E-state index contributed by atoms with van der Waals surface area (Å²) in [6.07, 6.45) is 19.8. The van der Waals surface area contributed by atoms with Crippen molar-refractivity contribution in [3.05, 3.63) is 0 Å². The van der Waals surface area contributed by atoms with Crippen LogP contribution >= 0.6 is 0 Å². The number of aliphatic hydroxyl groups excluding tert-OH is 1. The van der Waals surface area contributed by atoms with Gasteiger partial charge in [0.15, 0.2) is 0 Å². The van der Waals surface area contributed by atoms with Gasteiger partial charge in [0.2, 0.25) is 0 Å². The van der Waals surface area contributed by atoms with Gasteiger partial charge >= 0.3 is 0 Å². The van der Waals surface area contributed by atoms with Gasteiger partial charge in [0.05, 0.1) is 12.6 Å². The van der Waals surface area contributed by atoms with Crippen LogP contribution in [0.1, 0.15) is 104 Å². The lowest BCUT2D eigenvalue weighted by Gasteiger charge is -2.04. The zero-order chi connectivity index (χ0) is 15.6. The molecule has 0 bridgehead atoms. The lowest BCUT2D eigenvalue weighted by Crippen LogP contribution is -3.00. The summed E-state index contributed by atoms with van der Waals surface area (Å²) < 4.78 is 0. The van der Waals surface area contributed by atoms with Crippen LogP contribution in [0.25, 0.3) is 0 Å². The van der Waals surface area contributed by atoms with Crippen LogP contribution < -0.4 is 22.3 Å². The maximum absolute atomic E-state index is 9.14. The highest BCUT2D eigenvalue weighted by molar-refractivity contribution is 4.49. The minimum Gasteiger partial charge on any atom is -1.00 e.